The maximum absolute atomic E-state index is 13.2. The summed E-state index contributed by atoms with van der Waals surface area (Å²) in [6.45, 7) is 1.60. The van der Waals surface area contributed by atoms with Crippen molar-refractivity contribution in [2.45, 2.75) is 31.3 Å². The van der Waals surface area contributed by atoms with Crippen molar-refractivity contribution >= 4 is 28.6 Å². The molecule has 5 rings (SSSR count). The number of aryl methyl sites for hydroxylation is 1. The number of hydrogen-bond donors (Lipinski definition) is 2. The van der Waals surface area contributed by atoms with Crippen molar-refractivity contribution in [3.05, 3.63) is 83.4 Å². The molecule has 1 fully saturated rings. The molecule has 1 heterocycles. The highest BCUT2D eigenvalue weighted by Gasteiger charge is 2.55. The van der Waals surface area contributed by atoms with Crippen molar-refractivity contribution < 1.29 is 14.4 Å². The van der Waals surface area contributed by atoms with Crippen molar-refractivity contribution in [2.75, 3.05) is 6.54 Å². The van der Waals surface area contributed by atoms with E-state index in [1.165, 1.54) is 0 Å². The minimum atomic E-state index is -1.05. The van der Waals surface area contributed by atoms with Crippen LogP contribution < -0.4 is 10.6 Å². The number of carbonyl (C=O) groups excluding carboxylic acids is 3. The van der Waals surface area contributed by atoms with Gasteiger partial charge >= 0.3 is 6.03 Å². The number of urea groups is 1. The maximum atomic E-state index is 13.2. The molecule has 1 aliphatic carbocycles. The fourth-order valence-corrected chi connectivity index (χ4v) is 4.87. The number of fused-ring (bicyclic) bond motifs is 3. The molecule has 4 amide bonds. The first-order valence-electron chi connectivity index (χ1n) is 10.5. The summed E-state index contributed by atoms with van der Waals surface area (Å²) < 4.78 is 0. The summed E-state index contributed by atoms with van der Waals surface area (Å²) in [5, 5.41) is 7.96. The van der Waals surface area contributed by atoms with Crippen LogP contribution in [0.15, 0.2) is 66.7 Å². The molecular weight excluding hydrogens is 390 g/mol. The average Bonchev–Trinajstić information content (AvgIpc) is 3.26. The third kappa shape index (κ3) is 3.06. The second-order valence-corrected chi connectivity index (χ2v) is 8.24. The van der Waals surface area contributed by atoms with Crippen LogP contribution in [0.1, 0.15) is 36.1 Å². The summed E-state index contributed by atoms with van der Waals surface area (Å²) in [6, 6.07) is 20.8. The van der Waals surface area contributed by atoms with E-state index in [1.807, 2.05) is 73.7 Å². The summed E-state index contributed by atoms with van der Waals surface area (Å²) >= 11 is 0. The lowest BCUT2D eigenvalue weighted by Gasteiger charge is -2.22. The van der Waals surface area contributed by atoms with Gasteiger partial charge in [0, 0.05) is 0 Å². The van der Waals surface area contributed by atoms with Gasteiger partial charge < -0.3 is 10.6 Å². The van der Waals surface area contributed by atoms with Gasteiger partial charge in [0.1, 0.15) is 12.1 Å². The lowest BCUT2D eigenvalue weighted by Crippen LogP contribution is -2.44. The Kier molecular flexibility index (Phi) is 4.50. The highest BCUT2D eigenvalue weighted by atomic mass is 16.2. The first-order chi connectivity index (χ1) is 15.0. The molecule has 31 heavy (non-hydrogen) atoms. The number of rotatable bonds is 4. The van der Waals surface area contributed by atoms with Gasteiger partial charge in [0.05, 0.1) is 6.04 Å². The molecule has 2 aliphatic rings. The first-order valence-corrected chi connectivity index (χ1v) is 10.5. The number of nitrogens with one attached hydrogen (secondary N) is 2. The second-order valence-electron chi connectivity index (χ2n) is 8.24. The fourth-order valence-electron chi connectivity index (χ4n) is 4.87. The number of hydrogen-bond acceptors (Lipinski definition) is 3. The zero-order valence-corrected chi connectivity index (χ0v) is 17.2. The van der Waals surface area contributed by atoms with Gasteiger partial charge in [-0.3, -0.25) is 14.5 Å². The minimum Gasteiger partial charge on any atom is -0.348 e. The smallest absolute Gasteiger partial charge is 0.325 e. The molecule has 156 valence electrons. The van der Waals surface area contributed by atoms with Gasteiger partial charge in [-0.1, -0.05) is 66.7 Å². The maximum Gasteiger partial charge on any atom is 0.325 e. The first kappa shape index (κ1) is 19.3. The molecule has 2 unspecified atom stereocenters. The van der Waals surface area contributed by atoms with E-state index in [0.717, 1.165) is 38.8 Å². The molecule has 2 N–H and O–H groups in total. The summed E-state index contributed by atoms with van der Waals surface area (Å²) in [6.07, 6.45) is 1.24. The number of carbonyl (C=O) groups is 3. The van der Waals surface area contributed by atoms with E-state index in [9.17, 15) is 14.4 Å². The van der Waals surface area contributed by atoms with Crippen molar-refractivity contribution in [2.24, 2.45) is 0 Å². The van der Waals surface area contributed by atoms with E-state index in [0.29, 0.717) is 6.42 Å². The van der Waals surface area contributed by atoms with Crippen LogP contribution in [0.5, 0.6) is 0 Å². The molecule has 0 saturated carbocycles. The molecule has 6 heteroatoms. The third-order valence-electron chi connectivity index (χ3n) is 6.39. The Hall–Kier alpha value is -3.67. The Morgan fingerprint density at radius 3 is 2.68 bits per heavy atom. The van der Waals surface area contributed by atoms with Crippen LogP contribution in [0.3, 0.4) is 0 Å². The fraction of sp³-hybridized carbons (Fsp3) is 0.240. The lowest BCUT2D eigenvalue weighted by molar-refractivity contribution is -0.135. The number of nitrogens with zero attached hydrogens (tertiary/aromatic N) is 1. The highest BCUT2D eigenvalue weighted by Crippen LogP contribution is 2.41. The molecule has 1 spiro atoms. The summed E-state index contributed by atoms with van der Waals surface area (Å²) in [7, 11) is 0. The Labute approximate surface area is 180 Å². The molecule has 3 aromatic carbocycles. The highest BCUT2D eigenvalue weighted by molar-refractivity contribution is 6.10. The van der Waals surface area contributed by atoms with Gasteiger partial charge in [0.2, 0.25) is 5.91 Å². The summed E-state index contributed by atoms with van der Waals surface area (Å²) in [4.78, 5) is 39.7. The molecule has 1 saturated heterocycles. The van der Waals surface area contributed by atoms with Crippen molar-refractivity contribution in [1.29, 1.82) is 0 Å². The summed E-state index contributed by atoms with van der Waals surface area (Å²) in [5.41, 5.74) is 1.84. The zero-order valence-electron chi connectivity index (χ0n) is 17.2. The van der Waals surface area contributed by atoms with Crippen molar-refractivity contribution in [3.8, 4) is 0 Å². The Balaban J connectivity index is 1.33. The molecular formula is C25H23N3O3. The van der Waals surface area contributed by atoms with Gasteiger partial charge in [-0.2, -0.15) is 0 Å². The molecule has 0 aromatic heterocycles. The average molecular weight is 413 g/mol. The third-order valence-corrected chi connectivity index (χ3v) is 6.39. The minimum absolute atomic E-state index is 0.263. The Morgan fingerprint density at radius 2 is 1.81 bits per heavy atom. The predicted octanol–water partition coefficient (Wildman–Crippen LogP) is 3.41. The van der Waals surface area contributed by atoms with Crippen LogP contribution in [0.2, 0.25) is 0 Å². The normalized spacial score (nSPS) is 20.7. The van der Waals surface area contributed by atoms with E-state index in [1.54, 1.807) is 0 Å². The van der Waals surface area contributed by atoms with Gasteiger partial charge in [0.25, 0.3) is 5.91 Å². The summed E-state index contributed by atoms with van der Waals surface area (Å²) in [5.74, 6) is -0.720. The lowest BCUT2D eigenvalue weighted by atomic mass is 9.92. The topological polar surface area (TPSA) is 78.5 Å². The predicted molar refractivity (Wildman–Crippen MR) is 117 cm³/mol. The Bertz CT molecular complexity index is 1220. The van der Waals surface area contributed by atoms with Crippen molar-refractivity contribution in [3.63, 3.8) is 0 Å². The largest absolute Gasteiger partial charge is 0.348 e. The second kappa shape index (κ2) is 7.23. The molecule has 3 aromatic rings. The van der Waals surface area contributed by atoms with Crippen LogP contribution in [-0.2, 0) is 21.5 Å². The molecule has 0 bridgehead atoms. The van der Waals surface area contributed by atoms with E-state index in [4.69, 9.17) is 0 Å². The van der Waals surface area contributed by atoms with Crippen LogP contribution in [0, 0.1) is 0 Å². The standard InChI is InChI=1S/C25H23N3O3/c1-16(19-11-6-9-17-7-2-4-10-20(17)19)26-22(29)15-28-23(30)25(27-24(28)31)14-13-18-8-3-5-12-21(18)25/h2-12,16H,13-15H2,1H3,(H,26,29)(H,27,31). The van der Waals surface area contributed by atoms with Gasteiger partial charge in [0.15, 0.2) is 0 Å². The van der Waals surface area contributed by atoms with Gasteiger partial charge in [-0.25, -0.2) is 4.79 Å². The number of amides is 4. The van der Waals surface area contributed by atoms with E-state index in [-0.39, 0.29) is 24.4 Å². The van der Waals surface area contributed by atoms with Crippen LogP contribution in [-0.4, -0.2) is 29.3 Å². The number of imide groups is 1. The molecule has 2 atom stereocenters. The van der Waals surface area contributed by atoms with Crippen LogP contribution >= 0.6 is 0 Å². The van der Waals surface area contributed by atoms with Crippen LogP contribution in [0.25, 0.3) is 10.8 Å². The molecule has 1 aliphatic heterocycles. The Morgan fingerprint density at radius 1 is 1.06 bits per heavy atom. The SMILES string of the molecule is CC(NC(=O)CN1C(=O)NC2(CCc3ccccc32)C1=O)c1cccc2ccccc12. The number of benzene rings is 3. The monoisotopic (exact) mass is 413 g/mol. The van der Waals surface area contributed by atoms with E-state index in [2.05, 4.69) is 10.6 Å². The van der Waals surface area contributed by atoms with Gasteiger partial charge in [-0.05, 0) is 47.2 Å². The van der Waals surface area contributed by atoms with Gasteiger partial charge in [-0.15, -0.1) is 0 Å². The zero-order chi connectivity index (χ0) is 21.6. The molecule has 6 nitrogen and oxygen atoms in total. The van der Waals surface area contributed by atoms with E-state index < -0.39 is 11.6 Å². The van der Waals surface area contributed by atoms with E-state index >= 15 is 0 Å². The van der Waals surface area contributed by atoms with Crippen LogP contribution in [0.4, 0.5) is 4.79 Å². The quantitative estimate of drug-likeness (QED) is 0.644. The van der Waals surface area contributed by atoms with Crippen molar-refractivity contribution in [1.82, 2.24) is 15.5 Å². The molecule has 0 radical (unpaired) electrons.